The van der Waals surface area contributed by atoms with Crippen LogP contribution in [0.1, 0.15) is 62.3 Å². The third kappa shape index (κ3) is 6.64. The number of hydrogen-bond acceptors (Lipinski definition) is 8. The lowest BCUT2D eigenvalue weighted by Crippen LogP contribution is -2.41. The standard InChI is InChI=1S/C35H43ClN6O4/c1-22(2)46-30-16-28-25(14-29(30)45-5)15-33(43)42(35(28)24-8-10-26(36)11-9-24)32-18-37-31(17-38-32)39(3)19-23-6-12-27(13-7-23)41-20-34(44)40(4)21-41/h8-11,14,16-18,22-23,27,35H,6-7,12-13,15,19-21H2,1-5H3/t23-,27-,35?. The number of methoxy groups -OCH3 is 1. The molecular weight excluding hydrogens is 604 g/mol. The molecule has 46 heavy (non-hydrogen) atoms. The van der Waals surface area contributed by atoms with Crippen LogP contribution in [0.15, 0.2) is 48.8 Å². The Labute approximate surface area is 276 Å². The van der Waals surface area contributed by atoms with Crippen LogP contribution in [0, 0.1) is 5.92 Å². The van der Waals surface area contributed by atoms with Crippen LogP contribution in [0.25, 0.3) is 0 Å². The average Bonchev–Trinajstić information content (AvgIpc) is 3.38. The fraction of sp³-hybridized carbons (Fsp3) is 0.486. The monoisotopic (exact) mass is 646 g/mol. The highest BCUT2D eigenvalue weighted by molar-refractivity contribution is 6.30. The van der Waals surface area contributed by atoms with E-state index in [0.29, 0.717) is 40.8 Å². The summed E-state index contributed by atoms with van der Waals surface area (Å²) in [5, 5.41) is 0.621. The maximum Gasteiger partial charge on any atom is 0.237 e. The van der Waals surface area contributed by atoms with E-state index in [1.165, 1.54) is 0 Å². The second-order valence-corrected chi connectivity index (χ2v) is 13.5. The highest BCUT2D eigenvalue weighted by atomic mass is 35.5. The lowest BCUT2D eigenvalue weighted by molar-refractivity contribution is -0.125. The van der Waals surface area contributed by atoms with Crippen LogP contribution in [0.2, 0.25) is 5.02 Å². The van der Waals surface area contributed by atoms with E-state index in [2.05, 4.69) is 9.80 Å². The van der Waals surface area contributed by atoms with Crippen molar-refractivity contribution in [3.05, 3.63) is 70.5 Å². The summed E-state index contributed by atoms with van der Waals surface area (Å²) in [7, 11) is 5.54. The SMILES string of the molecule is COc1cc2c(cc1OC(C)C)C(c1ccc(Cl)cc1)N(c1cnc(N(C)C[C@H]3CC[C@H](N4CC(=O)N(C)C4)CC3)cn1)C(=O)C2. The molecule has 2 aromatic carbocycles. The number of amides is 2. The number of carbonyl (C=O) groups is 2. The third-order valence-electron chi connectivity index (χ3n) is 9.42. The zero-order valence-corrected chi connectivity index (χ0v) is 28.0. The number of anilines is 2. The van der Waals surface area contributed by atoms with Crippen LogP contribution in [-0.2, 0) is 16.0 Å². The van der Waals surface area contributed by atoms with E-state index in [4.69, 9.17) is 31.0 Å². The highest BCUT2D eigenvalue weighted by Crippen LogP contribution is 2.43. The molecule has 0 spiro atoms. The zero-order valence-electron chi connectivity index (χ0n) is 27.3. The molecule has 2 amide bonds. The second-order valence-electron chi connectivity index (χ2n) is 13.0. The van der Waals surface area contributed by atoms with E-state index in [9.17, 15) is 9.59 Å². The van der Waals surface area contributed by atoms with E-state index in [0.717, 1.165) is 61.4 Å². The number of likely N-dealkylation sites (N-methyl/N-ethyl adjacent to an activating group) is 1. The van der Waals surface area contributed by atoms with Gasteiger partial charge in [-0.25, -0.2) is 9.97 Å². The van der Waals surface area contributed by atoms with Gasteiger partial charge in [0.05, 0.1) is 51.3 Å². The molecule has 1 aliphatic carbocycles. The van der Waals surface area contributed by atoms with Crippen LogP contribution >= 0.6 is 11.6 Å². The summed E-state index contributed by atoms with van der Waals surface area (Å²) in [6, 6.07) is 11.5. The lowest BCUT2D eigenvalue weighted by Gasteiger charge is -2.37. The molecule has 3 aromatic rings. The molecule has 0 radical (unpaired) electrons. The Morgan fingerprint density at radius 2 is 1.74 bits per heavy atom. The fourth-order valence-corrected chi connectivity index (χ4v) is 7.17. The normalized spacial score (nSPS) is 21.9. The van der Waals surface area contributed by atoms with E-state index in [-0.39, 0.29) is 24.3 Å². The Hall–Kier alpha value is -3.89. The summed E-state index contributed by atoms with van der Waals surface area (Å²) in [5.74, 6) is 3.16. The number of halogens is 1. The largest absolute Gasteiger partial charge is 0.493 e. The molecule has 10 nitrogen and oxygen atoms in total. The van der Waals surface area contributed by atoms with E-state index in [1.807, 2.05) is 69.2 Å². The number of rotatable bonds is 9. The summed E-state index contributed by atoms with van der Waals surface area (Å²) in [6.45, 7) is 6.10. The van der Waals surface area contributed by atoms with Gasteiger partial charge < -0.3 is 19.3 Å². The number of benzene rings is 2. The first kappa shape index (κ1) is 32.1. The molecule has 1 aromatic heterocycles. The van der Waals surface area contributed by atoms with Gasteiger partial charge in [0.15, 0.2) is 17.3 Å². The number of aromatic nitrogens is 2. The number of fused-ring (bicyclic) bond motifs is 1. The van der Waals surface area contributed by atoms with Crippen molar-refractivity contribution in [2.24, 2.45) is 5.92 Å². The fourth-order valence-electron chi connectivity index (χ4n) is 7.05. The molecule has 1 saturated carbocycles. The van der Waals surface area contributed by atoms with Gasteiger partial charge in [0.25, 0.3) is 0 Å². The van der Waals surface area contributed by atoms with Gasteiger partial charge in [-0.2, -0.15) is 0 Å². The van der Waals surface area contributed by atoms with Crippen LogP contribution in [-0.4, -0.2) is 84.7 Å². The summed E-state index contributed by atoms with van der Waals surface area (Å²) in [4.78, 5) is 43.4. The van der Waals surface area contributed by atoms with Crippen molar-refractivity contribution in [3.63, 3.8) is 0 Å². The molecular formula is C35H43ClN6O4. The van der Waals surface area contributed by atoms with Crippen molar-refractivity contribution < 1.29 is 19.1 Å². The van der Waals surface area contributed by atoms with Crippen LogP contribution in [0.3, 0.4) is 0 Å². The first-order chi connectivity index (χ1) is 22.1. The third-order valence-corrected chi connectivity index (χ3v) is 9.67. The predicted molar refractivity (Wildman–Crippen MR) is 179 cm³/mol. The molecule has 2 fully saturated rings. The van der Waals surface area contributed by atoms with Gasteiger partial charge in [-0.3, -0.25) is 19.4 Å². The highest BCUT2D eigenvalue weighted by Gasteiger charge is 2.37. The number of nitrogens with zero attached hydrogens (tertiary/aromatic N) is 6. The Morgan fingerprint density at radius 1 is 1.00 bits per heavy atom. The Balaban J connectivity index is 1.21. The molecule has 3 heterocycles. The predicted octanol–water partition coefficient (Wildman–Crippen LogP) is 5.33. The van der Waals surface area contributed by atoms with Gasteiger partial charge in [0, 0.05) is 31.7 Å². The van der Waals surface area contributed by atoms with Crippen molar-refractivity contribution in [1.29, 1.82) is 0 Å². The molecule has 11 heteroatoms. The molecule has 1 unspecified atom stereocenters. The summed E-state index contributed by atoms with van der Waals surface area (Å²) < 4.78 is 11.7. The van der Waals surface area contributed by atoms with Gasteiger partial charge in [0.2, 0.25) is 11.8 Å². The van der Waals surface area contributed by atoms with Gasteiger partial charge in [-0.1, -0.05) is 23.7 Å². The minimum absolute atomic E-state index is 0.0505. The van der Waals surface area contributed by atoms with Crippen molar-refractivity contribution in [2.75, 3.05) is 50.8 Å². The molecule has 244 valence electrons. The van der Waals surface area contributed by atoms with Gasteiger partial charge in [-0.05, 0) is 86.4 Å². The molecule has 2 aliphatic heterocycles. The topological polar surface area (TPSA) is 91.3 Å². The van der Waals surface area contributed by atoms with Gasteiger partial charge in [0.1, 0.15) is 5.82 Å². The van der Waals surface area contributed by atoms with E-state index < -0.39 is 6.04 Å². The smallest absolute Gasteiger partial charge is 0.237 e. The summed E-state index contributed by atoms with van der Waals surface area (Å²) in [6.07, 6.45) is 8.05. The Bertz CT molecular complexity index is 1560. The lowest BCUT2D eigenvalue weighted by atomic mass is 9.85. The van der Waals surface area contributed by atoms with Crippen LogP contribution in [0.4, 0.5) is 11.6 Å². The molecule has 0 N–H and O–H groups in total. The summed E-state index contributed by atoms with van der Waals surface area (Å²) >= 11 is 6.26. The van der Waals surface area contributed by atoms with Gasteiger partial charge in [-0.15, -0.1) is 0 Å². The molecule has 1 saturated heterocycles. The first-order valence-electron chi connectivity index (χ1n) is 16.1. The number of ether oxygens (including phenoxy) is 2. The zero-order chi connectivity index (χ0) is 32.5. The molecule has 1 atom stereocenters. The second kappa shape index (κ2) is 13.5. The van der Waals surface area contributed by atoms with E-state index >= 15 is 0 Å². The maximum atomic E-state index is 13.8. The Kier molecular flexibility index (Phi) is 9.38. The van der Waals surface area contributed by atoms with Crippen LogP contribution in [0.5, 0.6) is 11.5 Å². The van der Waals surface area contributed by atoms with Crippen molar-refractivity contribution in [3.8, 4) is 11.5 Å². The minimum Gasteiger partial charge on any atom is -0.493 e. The average molecular weight is 647 g/mol. The van der Waals surface area contributed by atoms with Crippen molar-refractivity contribution in [2.45, 2.75) is 64.1 Å². The Morgan fingerprint density at radius 3 is 2.35 bits per heavy atom. The molecule has 6 rings (SSSR count). The van der Waals surface area contributed by atoms with Crippen molar-refractivity contribution in [1.82, 2.24) is 19.8 Å². The maximum absolute atomic E-state index is 13.8. The first-order valence-corrected chi connectivity index (χ1v) is 16.4. The summed E-state index contributed by atoms with van der Waals surface area (Å²) in [5.41, 5.74) is 2.74. The van der Waals surface area contributed by atoms with E-state index in [1.54, 1.807) is 24.4 Å². The van der Waals surface area contributed by atoms with Crippen LogP contribution < -0.4 is 19.3 Å². The minimum atomic E-state index is -0.451. The molecule has 0 bridgehead atoms. The molecule has 3 aliphatic rings. The quantitative estimate of drug-likeness (QED) is 0.308. The number of carbonyl (C=O) groups excluding carboxylic acids is 2. The van der Waals surface area contributed by atoms with Gasteiger partial charge >= 0.3 is 0 Å². The number of hydrogen-bond donors (Lipinski definition) is 0. The van der Waals surface area contributed by atoms with Crippen molar-refractivity contribution >= 4 is 35.1 Å².